The molecule has 0 aliphatic heterocycles. The van der Waals surface area contributed by atoms with Gasteiger partial charge >= 0.3 is 0 Å². The molecule has 4 nitrogen and oxygen atoms in total. The third kappa shape index (κ3) is 3.32. The molecule has 0 unspecified atom stereocenters. The molecule has 1 rings (SSSR count). The lowest BCUT2D eigenvalue weighted by molar-refractivity contribution is 0.394. The van der Waals surface area contributed by atoms with E-state index in [0.29, 0.717) is 5.88 Å². The van der Waals surface area contributed by atoms with Gasteiger partial charge < -0.3 is 10.1 Å². The first kappa shape index (κ1) is 11.7. The van der Waals surface area contributed by atoms with Gasteiger partial charge in [0.1, 0.15) is 5.69 Å². The van der Waals surface area contributed by atoms with Gasteiger partial charge in [-0.05, 0) is 32.5 Å². The van der Waals surface area contributed by atoms with E-state index in [9.17, 15) is 0 Å². The number of rotatable bonds is 5. The summed E-state index contributed by atoms with van der Waals surface area (Å²) in [5, 5.41) is 3.09. The molecule has 0 bridgehead atoms. The Kier molecular flexibility index (Phi) is 4.77. The number of methoxy groups -OCH3 is 1. The van der Waals surface area contributed by atoms with Gasteiger partial charge in [0.15, 0.2) is 0 Å². The van der Waals surface area contributed by atoms with Gasteiger partial charge in [-0.1, -0.05) is 6.08 Å². The first-order valence-electron chi connectivity index (χ1n) is 4.96. The predicted octanol–water partition coefficient (Wildman–Crippen LogP) is 1.50. The van der Waals surface area contributed by atoms with Gasteiger partial charge in [-0.2, -0.15) is 0 Å². The standard InChI is InChI=1S/C11H17N3O/c1-9(5-4-6-12-2)10-11(15-3)14-8-7-13-10/h5,7-8,12H,4,6H2,1-3H3/b9-5-. The minimum Gasteiger partial charge on any atom is -0.479 e. The van der Waals surface area contributed by atoms with E-state index in [2.05, 4.69) is 21.4 Å². The normalized spacial score (nSPS) is 11.5. The van der Waals surface area contributed by atoms with Crippen LogP contribution in [0, 0.1) is 0 Å². The van der Waals surface area contributed by atoms with Crippen molar-refractivity contribution >= 4 is 5.57 Å². The van der Waals surface area contributed by atoms with E-state index in [0.717, 1.165) is 24.2 Å². The van der Waals surface area contributed by atoms with Crippen molar-refractivity contribution in [1.82, 2.24) is 15.3 Å². The Morgan fingerprint density at radius 3 is 2.87 bits per heavy atom. The lowest BCUT2D eigenvalue weighted by atomic mass is 10.2. The molecule has 0 aliphatic rings. The SMILES string of the molecule is CNCC/C=C(/C)c1nccnc1OC. The largest absolute Gasteiger partial charge is 0.479 e. The maximum atomic E-state index is 5.14. The fourth-order valence-corrected chi connectivity index (χ4v) is 1.27. The highest BCUT2D eigenvalue weighted by Gasteiger charge is 2.05. The van der Waals surface area contributed by atoms with Crippen LogP contribution in [0.3, 0.4) is 0 Å². The van der Waals surface area contributed by atoms with Crippen LogP contribution in [0.1, 0.15) is 19.0 Å². The molecular formula is C11H17N3O. The Labute approximate surface area is 90.4 Å². The zero-order valence-electron chi connectivity index (χ0n) is 9.45. The summed E-state index contributed by atoms with van der Waals surface area (Å²) in [6, 6.07) is 0. The summed E-state index contributed by atoms with van der Waals surface area (Å²) in [5.74, 6) is 0.579. The van der Waals surface area contributed by atoms with Crippen molar-refractivity contribution in [3.8, 4) is 5.88 Å². The van der Waals surface area contributed by atoms with Crippen molar-refractivity contribution in [3.63, 3.8) is 0 Å². The molecule has 82 valence electrons. The van der Waals surface area contributed by atoms with E-state index in [1.807, 2.05) is 14.0 Å². The van der Waals surface area contributed by atoms with Crippen molar-refractivity contribution in [1.29, 1.82) is 0 Å². The fraction of sp³-hybridized carbons (Fsp3) is 0.455. The number of hydrogen-bond donors (Lipinski definition) is 1. The summed E-state index contributed by atoms with van der Waals surface area (Å²) in [6.07, 6.45) is 6.40. The van der Waals surface area contributed by atoms with Crippen LogP contribution < -0.4 is 10.1 Å². The smallest absolute Gasteiger partial charge is 0.239 e. The minimum absolute atomic E-state index is 0.579. The fourth-order valence-electron chi connectivity index (χ4n) is 1.27. The predicted molar refractivity (Wildman–Crippen MR) is 60.8 cm³/mol. The third-order valence-electron chi connectivity index (χ3n) is 2.08. The Balaban J connectivity index is 2.80. The summed E-state index contributed by atoms with van der Waals surface area (Å²) >= 11 is 0. The molecule has 0 amide bonds. The average molecular weight is 207 g/mol. The van der Waals surface area contributed by atoms with E-state index in [-0.39, 0.29) is 0 Å². The van der Waals surface area contributed by atoms with Crippen LogP contribution in [0.4, 0.5) is 0 Å². The van der Waals surface area contributed by atoms with Crippen molar-refractivity contribution in [2.45, 2.75) is 13.3 Å². The van der Waals surface area contributed by atoms with Crippen molar-refractivity contribution in [3.05, 3.63) is 24.2 Å². The number of nitrogens with zero attached hydrogens (tertiary/aromatic N) is 2. The number of ether oxygens (including phenoxy) is 1. The molecule has 0 aliphatic carbocycles. The van der Waals surface area contributed by atoms with Crippen molar-refractivity contribution in [2.75, 3.05) is 20.7 Å². The van der Waals surface area contributed by atoms with E-state index >= 15 is 0 Å². The Morgan fingerprint density at radius 1 is 1.47 bits per heavy atom. The van der Waals surface area contributed by atoms with Crippen LogP contribution in [-0.4, -0.2) is 30.7 Å². The van der Waals surface area contributed by atoms with Crippen LogP contribution in [0.15, 0.2) is 18.5 Å². The molecule has 1 N–H and O–H groups in total. The first-order valence-corrected chi connectivity index (χ1v) is 4.96. The molecule has 0 fully saturated rings. The molecule has 1 aromatic rings. The van der Waals surface area contributed by atoms with E-state index < -0.39 is 0 Å². The number of aromatic nitrogens is 2. The molecule has 0 atom stereocenters. The van der Waals surface area contributed by atoms with Crippen LogP contribution in [-0.2, 0) is 0 Å². The second-order valence-electron chi connectivity index (χ2n) is 3.19. The number of hydrogen-bond acceptors (Lipinski definition) is 4. The summed E-state index contributed by atoms with van der Waals surface area (Å²) in [4.78, 5) is 8.36. The monoisotopic (exact) mass is 207 g/mol. The highest BCUT2D eigenvalue weighted by molar-refractivity contribution is 5.63. The maximum absolute atomic E-state index is 5.14. The molecular weight excluding hydrogens is 190 g/mol. The molecule has 0 radical (unpaired) electrons. The highest BCUT2D eigenvalue weighted by atomic mass is 16.5. The summed E-state index contributed by atoms with van der Waals surface area (Å²) in [6.45, 7) is 2.97. The van der Waals surface area contributed by atoms with Gasteiger partial charge in [0.05, 0.1) is 7.11 Å². The maximum Gasteiger partial charge on any atom is 0.239 e. The van der Waals surface area contributed by atoms with Crippen LogP contribution in [0.25, 0.3) is 5.57 Å². The third-order valence-corrected chi connectivity index (χ3v) is 2.08. The van der Waals surface area contributed by atoms with E-state index in [1.165, 1.54) is 0 Å². The molecule has 1 heterocycles. The summed E-state index contributed by atoms with van der Waals surface area (Å²) < 4.78 is 5.14. The lowest BCUT2D eigenvalue weighted by Crippen LogP contribution is -2.06. The van der Waals surface area contributed by atoms with Gasteiger partial charge in [0.25, 0.3) is 0 Å². The van der Waals surface area contributed by atoms with Crippen LogP contribution in [0.2, 0.25) is 0 Å². The second-order valence-corrected chi connectivity index (χ2v) is 3.19. The van der Waals surface area contributed by atoms with Gasteiger partial charge in [-0.3, -0.25) is 0 Å². The van der Waals surface area contributed by atoms with E-state index in [4.69, 9.17) is 4.74 Å². The Hall–Kier alpha value is -1.42. The Morgan fingerprint density at radius 2 is 2.20 bits per heavy atom. The van der Waals surface area contributed by atoms with E-state index in [1.54, 1.807) is 19.5 Å². The second kappa shape index (κ2) is 6.14. The molecule has 4 heteroatoms. The Bertz CT molecular complexity index is 336. The van der Waals surface area contributed by atoms with Gasteiger partial charge in [-0.15, -0.1) is 0 Å². The number of allylic oxidation sites excluding steroid dienone is 1. The van der Waals surface area contributed by atoms with Crippen molar-refractivity contribution < 1.29 is 4.74 Å². The summed E-state index contributed by atoms with van der Waals surface area (Å²) in [7, 11) is 3.54. The zero-order valence-corrected chi connectivity index (χ0v) is 9.45. The lowest BCUT2D eigenvalue weighted by Gasteiger charge is -2.05. The first-order chi connectivity index (χ1) is 7.29. The topological polar surface area (TPSA) is 47.0 Å². The molecule has 15 heavy (non-hydrogen) atoms. The summed E-state index contributed by atoms with van der Waals surface area (Å²) in [5.41, 5.74) is 1.91. The van der Waals surface area contributed by atoms with Gasteiger partial charge in [0, 0.05) is 12.4 Å². The molecule has 0 saturated heterocycles. The zero-order chi connectivity index (χ0) is 11.1. The van der Waals surface area contributed by atoms with Gasteiger partial charge in [0.2, 0.25) is 5.88 Å². The highest BCUT2D eigenvalue weighted by Crippen LogP contribution is 2.20. The number of nitrogens with one attached hydrogen (secondary N) is 1. The molecule has 0 spiro atoms. The van der Waals surface area contributed by atoms with Crippen molar-refractivity contribution in [2.24, 2.45) is 0 Å². The van der Waals surface area contributed by atoms with Crippen LogP contribution in [0.5, 0.6) is 5.88 Å². The average Bonchev–Trinajstić information content (AvgIpc) is 2.29. The molecule has 0 saturated carbocycles. The molecule has 0 aromatic carbocycles. The molecule has 1 aromatic heterocycles. The van der Waals surface area contributed by atoms with Gasteiger partial charge in [-0.25, -0.2) is 9.97 Å². The van der Waals surface area contributed by atoms with Crippen LogP contribution >= 0.6 is 0 Å². The minimum atomic E-state index is 0.579. The quantitative estimate of drug-likeness (QED) is 0.743.